The highest BCUT2D eigenvalue weighted by Crippen LogP contribution is 2.36. The number of rotatable bonds is 4. The van der Waals surface area contributed by atoms with Crippen LogP contribution in [-0.2, 0) is 11.7 Å². The fourth-order valence-corrected chi connectivity index (χ4v) is 3.92. The number of pyridine rings is 1. The average molecular weight is 504 g/mol. The number of nitrogens with one attached hydrogen (secondary N) is 1. The molecule has 1 fully saturated rings. The molecule has 12 heteroatoms. The van der Waals surface area contributed by atoms with E-state index < -0.39 is 23.4 Å². The summed E-state index contributed by atoms with van der Waals surface area (Å²) in [5.41, 5.74) is 4.06. The van der Waals surface area contributed by atoms with E-state index in [0.717, 1.165) is 10.5 Å². The largest absolute Gasteiger partial charge is 0.433 e. The molecular weight excluding hydrogens is 489 g/mol. The summed E-state index contributed by atoms with van der Waals surface area (Å²) in [5, 5.41) is 8.20. The van der Waals surface area contributed by atoms with Crippen LogP contribution in [0.1, 0.15) is 5.69 Å². The Hall–Kier alpha value is -2.53. The predicted molar refractivity (Wildman–Crippen MR) is 109 cm³/mol. The number of primary amides is 1. The van der Waals surface area contributed by atoms with E-state index in [1.807, 2.05) is 0 Å². The van der Waals surface area contributed by atoms with Gasteiger partial charge in [0.25, 0.3) is 0 Å². The zero-order chi connectivity index (χ0) is 21.7. The van der Waals surface area contributed by atoms with Crippen LogP contribution in [0.5, 0.6) is 0 Å². The van der Waals surface area contributed by atoms with Crippen molar-refractivity contribution in [3.63, 3.8) is 0 Å². The number of hydrogen-bond acceptors (Lipinski definition) is 4. The van der Waals surface area contributed by atoms with Crippen LogP contribution >= 0.6 is 27.5 Å². The van der Waals surface area contributed by atoms with Gasteiger partial charge in [-0.2, -0.15) is 18.3 Å². The molecule has 2 amide bonds. The second kappa shape index (κ2) is 7.31. The number of carbonyl (C=O) groups is 1. The molecule has 1 saturated heterocycles. The van der Waals surface area contributed by atoms with Crippen LogP contribution in [0.2, 0.25) is 5.02 Å². The summed E-state index contributed by atoms with van der Waals surface area (Å²) in [4.78, 5) is 16.6. The molecule has 0 atom stereocenters. The molecule has 1 aromatic carbocycles. The zero-order valence-corrected chi connectivity index (χ0v) is 17.6. The Balaban J connectivity index is 1.70. The van der Waals surface area contributed by atoms with Crippen LogP contribution in [0.15, 0.2) is 41.1 Å². The van der Waals surface area contributed by atoms with Crippen LogP contribution in [-0.4, -0.2) is 45.3 Å². The number of likely N-dealkylation sites (tertiary alicyclic amines) is 1. The number of nitrogens with zero attached hydrogens (tertiary/aromatic N) is 4. The third-order valence-corrected chi connectivity index (χ3v) is 5.63. The van der Waals surface area contributed by atoms with Crippen LogP contribution in [0, 0.1) is 0 Å². The van der Waals surface area contributed by atoms with Gasteiger partial charge < -0.3 is 16.0 Å². The first-order chi connectivity index (χ1) is 14.1. The molecule has 0 radical (unpaired) electrons. The highest BCUT2D eigenvalue weighted by atomic mass is 79.9. The molecule has 3 N–H and O–H groups in total. The summed E-state index contributed by atoms with van der Waals surface area (Å²) in [5.74, 6) is 0. The summed E-state index contributed by atoms with van der Waals surface area (Å²) in [6.07, 6.45) is -1.27. The van der Waals surface area contributed by atoms with E-state index in [2.05, 4.69) is 31.3 Å². The number of benzene rings is 1. The van der Waals surface area contributed by atoms with Gasteiger partial charge in [0, 0.05) is 28.8 Å². The molecule has 0 aliphatic carbocycles. The van der Waals surface area contributed by atoms with Gasteiger partial charge in [0.05, 0.1) is 29.3 Å². The van der Waals surface area contributed by atoms with E-state index in [0.29, 0.717) is 10.4 Å². The first-order valence-electron chi connectivity index (χ1n) is 8.74. The van der Waals surface area contributed by atoms with Crippen LogP contribution < -0.4 is 11.1 Å². The normalized spacial score (nSPS) is 15.8. The lowest BCUT2D eigenvalue weighted by atomic mass is 9.89. The molecule has 0 spiro atoms. The predicted octanol–water partition coefficient (Wildman–Crippen LogP) is 4.07. The number of aromatic nitrogens is 3. The number of halogens is 5. The molecule has 4 rings (SSSR count). The Morgan fingerprint density at radius 1 is 1.33 bits per heavy atom. The molecule has 3 aromatic rings. The molecule has 2 aromatic heterocycles. The second-order valence-corrected chi connectivity index (χ2v) is 8.44. The number of hydrogen-bond donors (Lipinski definition) is 2. The molecule has 0 unspecified atom stereocenters. The van der Waals surface area contributed by atoms with E-state index in [-0.39, 0.29) is 30.8 Å². The van der Waals surface area contributed by atoms with Gasteiger partial charge >= 0.3 is 12.2 Å². The Labute approximate surface area is 182 Å². The monoisotopic (exact) mass is 502 g/mol. The molecule has 0 bridgehead atoms. The first kappa shape index (κ1) is 20.7. The highest BCUT2D eigenvalue weighted by molar-refractivity contribution is 9.10. The average Bonchev–Trinajstić information content (AvgIpc) is 3.06. The van der Waals surface area contributed by atoms with Gasteiger partial charge in [-0.15, -0.1) is 0 Å². The van der Waals surface area contributed by atoms with Gasteiger partial charge in [-0.1, -0.05) is 11.6 Å². The van der Waals surface area contributed by atoms with Crippen molar-refractivity contribution in [2.75, 3.05) is 25.0 Å². The zero-order valence-electron chi connectivity index (χ0n) is 15.2. The van der Waals surface area contributed by atoms with E-state index in [9.17, 15) is 18.0 Å². The third kappa shape index (κ3) is 3.79. The first-order valence-corrected chi connectivity index (χ1v) is 9.91. The Morgan fingerprint density at radius 2 is 2.07 bits per heavy atom. The van der Waals surface area contributed by atoms with Crippen molar-refractivity contribution in [3.8, 4) is 0 Å². The number of anilines is 1. The molecule has 1 aliphatic rings. The summed E-state index contributed by atoms with van der Waals surface area (Å²) < 4.78 is 42.4. The van der Waals surface area contributed by atoms with Crippen molar-refractivity contribution < 1.29 is 18.0 Å². The molecule has 1 aliphatic heterocycles. The minimum absolute atomic E-state index is 0.167. The maximum absolute atomic E-state index is 13.3. The van der Waals surface area contributed by atoms with Crippen LogP contribution in [0.25, 0.3) is 10.9 Å². The molecule has 0 saturated carbocycles. The maximum Gasteiger partial charge on any atom is 0.433 e. The summed E-state index contributed by atoms with van der Waals surface area (Å²) in [6, 6.07) is 4.87. The number of nitrogens with two attached hydrogens (primary N) is 1. The van der Waals surface area contributed by atoms with E-state index in [4.69, 9.17) is 17.3 Å². The lowest BCUT2D eigenvalue weighted by Crippen LogP contribution is -2.68. The number of urea groups is 1. The fraction of sp³-hybridized carbons (Fsp3) is 0.278. The SMILES string of the molecule is NC(=O)N1CC(CNc2cc(C(F)(F)F)nc3ccc(Cl)cc23)(n2cc(Br)cn2)C1. The van der Waals surface area contributed by atoms with Gasteiger partial charge in [0.2, 0.25) is 0 Å². The maximum atomic E-state index is 13.3. The Kier molecular flexibility index (Phi) is 5.05. The second-order valence-electron chi connectivity index (χ2n) is 7.09. The molecule has 30 heavy (non-hydrogen) atoms. The summed E-state index contributed by atoms with van der Waals surface area (Å²) in [7, 11) is 0. The van der Waals surface area contributed by atoms with Gasteiger partial charge in [0.15, 0.2) is 0 Å². The smallest absolute Gasteiger partial charge is 0.382 e. The van der Waals surface area contributed by atoms with E-state index in [1.165, 1.54) is 17.0 Å². The Bertz CT molecular complexity index is 1130. The minimum atomic E-state index is -4.60. The van der Waals surface area contributed by atoms with Gasteiger partial charge in [-0.05, 0) is 40.2 Å². The quantitative estimate of drug-likeness (QED) is 0.562. The van der Waals surface area contributed by atoms with Crippen molar-refractivity contribution in [2.24, 2.45) is 5.73 Å². The fourth-order valence-electron chi connectivity index (χ4n) is 3.47. The molecule has 3 heterocycles. The standard InChI is InChI=1S/C18H15BrClF3N6O/c19-10-5-26-29(6-10)17(8-28(9-17)16(24)30)7-25-14-4-15(18(21,22)23)27-13-2-1-11(20)3-12(13)14/h1-6H,7-9H2,(H2,24,30)(H,25,27). The van der Waals surface area contributed by atoms with Gasteiger partial charge in [0.1, 0.15) is 11.2 Å². The van der Waals surface area contributed by atoms with Crippen molar-refractivity contribution in [2.45, 2.75) is 11.7 Å². The van der Waals surface area contributed by atoms with Crippen molar-refractivity contribution >= 4 is 50.2 Å². The van der Waals surface area contributed by atoms with E-state index >= 15 is 0 Å². The number of carbonyl (C=O) groups excluding carboxylic acids is 1. The number of fused-ring (bicyclic) bond motifs is 1. The van der Waals surface area contributed by atoms with Gasteiger partial charge in [-0.25, -0.2) is 9.78 Å². The Morgan fingerprint density at radius 3 is 2.67 bits per heavy atom. The van der Waals surface area contributed by atoms with Crippen molar-refractivity contribution in [1.82, 2.24) is 19.7 Å². The third-order valence-electron chi connectivity index (χ3n) is 4.99. The number of amides is 2. The van der Waals surface area contributed by atoms with Crippen LogP contribution in [0.3, 0.4) is 0 Å². The molecule has 7 nitrogen and oxygen atoms in total. The minimum Gasteiger partial charge on any atom is -0.382 e. The van der Waals surface area contributed by atoms with Gasteiger partial charge in [-0.3, -0.25) is 4.68 Å². The summed E-state index contributed by atoms with van der Waals surface area (Å²) in [6.45, 7) is 0.729. The highest BCUT2D eigenvalue weighted by Gasteiger charge is 2.47. The topological polar surface area (TPSA) is 89.1 Å². The van der Waals surface area contributed by atoms with Crippen molar-refractivity contribution in [3.05, 3.63) is 51.8 Å². The lowest BCUT2D eigenvalue weighted by molar-refractivity contribution is -0.140. The number of alkyl halides is 3. The molecular formula is C18H15BrClF3N6O. The van der Waals surface area contributed by atoms with Crippen LogP contribution in [0.4, 0.5) is 23.7 Å². The summed E-state index contributed by atoms with van der Waals surface area (Å²) >= 11 is 9.38. The van der Waals surface area contributed by atoms with E-state index in [1.54, 1.807) is 23.1 Å². The van der Waals surface area contributed by atoms with Crippen molar-refractivity contribution in [1.29, 1.82) is 0 Å². The molecule has 158 valence electrons. The lowest BCUT2D eigenvalue weighted by Gasteiger charge is -2.49.